The zero-order valence-electron chi connectivity index (χ0n) is 18.1. The van der Waals surface area contributed by atoms with Gasteiger partial charge in [0.25, 0.3) is 11.8 Å². The number of thiophene rings is 1. The molecule has 1 saturated heterocycles. The fourth-order valence-electron chi connectivity index (χ4n) is 3.96. The third kappa shape index (κ3) is 4.03. The van der Waals surface area contributed by atoms with Crippen LogP contribution >= 0.6 is 11.3 Å². The van der Waals surface area contributed by atoms with Crippen LogP contribution in [0.1, 0.15) is 20.8 Å². The van der Waals surface area contributed by atoms with E-state index in [2.05, 4.69) is 47.1 Å². The Balaban J connectivity index is 1.26. The van der Waals surface area contributed by atoms with E-state index in [1.165, 1.54) is 28.2 Å². The number of amides is 1. The molecule has 0 atom stereocenters. The van der Waals surface area contributed by atoms with Gasteiger partial charge in [0.05, 0.1) is 9.75 Å². The molecule has 0 aliphatic carbocycles. The van der Waals surface area contributed by atoms with Crippen molar-refractivity contribution in [2.75, 3.05) is 31.1 Å². The lowest BCUT2D eigenvalue weighted by molar-refractivity contribution is 0.0751. The highest BCUT2D eigenvalue weighted by Gasteiger charge is 2.25. The number of hydrogen-bond acceptors (Lipinski definition) is 6. The van der Waals surface area contributed by atoms with Crippen molar-refractivity contribution in [3.63, 3.8) is 0 Å². The summed E-state index contributed by atoms with van der Waals surface area (Å²) in [7, 11) is 0. The molecule has 5 rings (SSSR count). The largest absolute Gasteiger partial charge is 0.368 e. The highest BCUT2D eigenvalue weighted by atomic mass is 32.1. The topological polar surface area (TPSA) is 62.5 Å². The molecule has 0 spiro atoms. The Kier molecular flexibility index (Phi) is 5.49. The van der Waals surface area contributed by atoms with Gasteiger partial charge in [-0.2, -0.15) is 4.98 Å². The average Bonchev–Trinajstić information content (AvgIpc) is 3.51. The summed E-state index contributed by atoms with van der Waals surface area (Å²) in [6.07, 6.45) is 0. The molecule has 4 aromatic rings. The van der Waals surface area contributed by atoms with Crippen molar-refractivity contribution in [2.45, 2.75) is 13.8 Å². The second-order valence-electron chi connectivity index (χ2n) is 8.02. The van der Waals surface area contributed by atoms with Crippen molar-refractivity contribution in [3.05, 3.63) is 76.7 Å². The van der Waals surface area contributed by atoms with Gasteiger partial charge in [-0.1, -0.05) is 35.5 Å². The van der Waals surface area contributed by atoms with Crippen molar-refractivity contribution in [1.82, 2.24) is 15.0 Å². The van der Waals surface area contributed by atoms with Gasteiger partial charge in [0.1, 0.15) is 0 Å². The Bertz CT molecular complexity index is 1240. The number of piperazine rings is 1. The second kappa shape index (κ2) is 8.59. The molecule has 1 fully saturated rings. The van der Waals surface area contributed by atoms with Gasteiger partial charge in [-0.3, -0.25) is 4.79 Å². The van der Waals surface area contributed by atoms with E-state index in [0.29, 0.717) is 29.7 Å². The van der Waals surface area contributed by atoms with E-state index in [1.54, 1.807) is 0 Å². The first-order valence-electron chi connectivity index (χ1n) is 10.7. The maximum atomic E-state index is 13.1. The van der Waals surface area contributed by atoms with E-state index in [1.807, 2.05) is 47.4 Å². The normalized spacial score (nSPS) is 14.1. The van der Waals surface area contributed by atoms with Crippen LogP contribution in [0, 0.1) is 13.8 Å². The van der Waals surface area contributed by atoms with Crippen LogP contribution in [0.15, 0.2) is 65.2 Å². The van der Waals surface area contributed by atoms with E-state index in [4.69, 9.17) is 4.52 Å². The van der Waals surface area contributed by atoms with Gasteiger partial charge in [0.2, 0.25) is 5.82 Å². The number of carbonyl (C=O) groups is 1. The molecule has 0 saturated carbocycles. The Labute approximate surface area is 191 Å². The number of nitrogens with zero attached hydrogens (tertiary/aromatic N) is 4. The van der Waals surface area contributed by atoms with E-state index in [0.717, 1.165) is 23.5 Å². The van der Waals surface area contributed by atoms with Gasteiger partial charge >= 0.3 is 0 Å². The van der Waals surface area contributed by atoms with E-state index >= 15 is 0 Å². The zero-order valence-corrected chi connectivity index (χ0v) is 18.9. The highest BCUT2D eigenvalue weighted by molar-refractivity contribution is 7.17. The van der Waals surface area contributed by atoms with Gasteiger partial charge in [0, 0.05) is 37.4 Å². The van der Waals surface area contributed by atoms with Crippen LogP contribution in [0.4, 0.5) is 5.69 Å². The number of anilines is 1. The lowest BCUT2D eigenvalue weighted by Gasteiger charge is -2.36. The fourth-order valence-corrected chi connectivity index (χ4v) is 4.86. The van der Waals surface area contributed by atoms with Crippen molar-refractivity contribution >= 4 is 22.9 Å². The number of rotatable bonds is 4. The summed E-state index contributed by atoms with van der Waals surface area (Å²) >= 11 is 1.41. The first-order valence-corrected chi connectivity index (χ1v) is 11.5. The van der Waals surface area contributed by atoms with Gasteiger partial charge in [-0.05, 0) is 55.3 Å². The number of aryl methyl sites for hydroxylation is 2. The molecule has 0 bridgehead atoms. The molecule has 0 N–H and O–H groups in total. The average molecular weight is 445 g/mol. The number of hydrogen-bond donors (Lipinski definition) is 0. The summed E-state index contributed by atoms with van der Waals surface area (Å²) in [5.41, 5.74) is 4.67. The molecule has 0 unspecified atom stereocenters. The lowest BCUT2D eigenvalue weighted by atomic mass is 10.1. The van der Waals surface area contributed by atoms with Gasteiger partial charge < -0.3 is 14.3 Å². The van der Waals surface area contributed by atoms with Crippen LogP contribution in [-0.2, 0) is 0 Å². The third-order valence-corrected chi connectivity index (χ3v) is 6.83. The van der Waals surface area contributed by atoms with Crippen LogP contribution in [-0.4, -0.2) is 47.1 Å². The summed E-state index contributed by atoms with van der Waals surface area (Å²) in [4.78, 5) is 23.4. The SMILES string of the molecule is Cc1ccc(C)c(N2CCN(C(=O)c3ccc(-c4noc(-c5ccccc5)n4)s3)CC2)c1. The smallest absolute Gasteiger partial charge is 0.264 e. The molecule has 162 valence electrons. The minimum Gasteiger partial charge on any atom is -0.368 e. The third-order valence-electron chi connectivity index (χ3n) is 5.76. The minimum absolute atomic E-state index is 0.0636. The van der Waals surface area contributed by atoms with E-state index in [9.17, 15) is 4.79 Å². The summed E-state index contributed by atoms with van der Waals surface area (Å²) in [5, 5.41) is 4.10. The molecule has 3 heterocycles. The van der Waals surface area contributed by atoms with Gasteiger partial charge in [0.15, 0.2) is 0 Å². The predicted octanol–water partition coefficient (Wildman–Crippen LogP) is 5.04. The number of aromatic nitrogens is 2. The van der Waals surface area contributed by atoms with E-state index < -0.39 is 0 Å². The van der Waals surface area contributed by atoms with Crippen LogP contribution in [0.5, 0.6) is 0 Å². The molecule has 32 heavy (non-hydrogen) atoms. The van der Waals surface area contributed by atoms with Crippen LogP contribution in [0.25, 0.3) is 22.2 Å². The quantitative estimate of drug-likeness (QED) is 0.441. The molecule has 1 aliphatic rings. The Morgan fingerprint density at radius 3 is 2.53 bits per heavy atom. The molecule has 6 nitrogen and oxygen atoms in total. The molecule has 7 heteroatoms. The van der Waals surface area contributed by atoms with Crippen LogP contribution in [0.2, 0.25) is 0 Å². The Morgan fingerprint density at radius 1 is 0.969 bits per heavy atom. The molecule has 0 radical (unpaired) electrons. The number of benzene rings is 2. The standard InChI is InChI=1S/C25H24N4O2S/c1-17-8-9-18(2)20(16-17)28-12-14-29(15-13-28)25(30)22-11-10-21(32-22)23-26-24(31-27-23)19-6-4-3-5-7-19/h3-11,16H,12-15H2,1-2H3. The fraction of sp³-hybridized carbons (Fsp3) is 0.240. The molecule has 1 amide bonds. The summed E-state index contributed by atoms with van der Waals surface area (Å²) in [6, 6.07) is 19.9. The van der Waals surface area contributed by atoms with E-state index in [-0.39, 0.29) is 5.91 Å². The summed E-state index contributed by atoms with van der Waals surface area (Å²) < 4.78 is 5.41. The summed E-state index contributed by atoms with van der Waals surface area (Å²) in [6.45, 7) is 7.34. The zero-order chi connectivity index (χ0) is 22.1. The second-order valence-corrected chi connectivity index (χ2v) is 9.11. The van der Waals surface area contributed by atoms with Crippen molar-refractivity contribution in [2.24, 2.45) is 0 Å². The minimum atomic E-state index is 0.0636. The molecular formula is C25H24N4O2S. The van der Waals surface area contributed by atoms with Gasteiger partial charge in [-0.15, -0.1) is 11.3 Å². The maximum Gasteiger partial charge on any atom is 0.264 e. The van der Waals surface area contributed by atoms with Crippen LogP contribution in [0.3, 0.4) is 0 Å². The van der Waals surface area contributed by atoms with Crippen molar-refractivity contribution in [3.8, 4) is 22.2 Å². The van der Waals surface area contributed by atoms with Crippen molar-refractivity contribution < 1.29 is 9.32 Å². The molecule has 1 aliphatic heterocycles. The number of carbonyl (C=O) groups excluding carboxylic acids is 1. The first kappa shape index (κ1) is 20.5. The monoisotopic (exact) mass is 444 g/mol. The van der Waals surface area contributed by atoms with Crippen LogP contribution < -0.4 is 4.90 Å². The molecular weight excluding hydrogens is 420 g/mol. The molecule has 2 aromatic carbocycles. The highest BCUT2D eigenvalue weighted by Crippen LogP contribution is 2.29. The first-order chi connectivity index (χ1) is 15.6. The summed E-state index contributed by atoms with van der Waals surface area (Å²) in [5.74, 6) is 1.05. The van der Waals surface area contributed by atoms with Crippen molar-refractivity contribution in [1.29, 1.82) is 0 Å². The Morgan fingerprint density at radius 2 is 1.75 bits per heavy atom. The van der Waals surface area contributed by atoms with Gasteiger partial charge in [-0.25, -0.2) is 0 Å². The predicted molar refractivity (Wildman–Crippen MR) is 127 cm³/mol. The lowest BCUT2D eigenvalue weighted by Crippen LogP contribution is -2.48. The maximum absolute atomic E-state index is 13.1. The Hall–Kier alpha value is -3.45. The molecule has 2 aromatic heterocycles.